The highest BCUT2D eigenvalue weighted by molar-refractivity contribution is 8.15. The molecule has 6 rings (SSSR count). The Bertz CT molecular complexity index is 1830. The fourth-order valence-electron chi connectivity index (χ4n) is 5.20. The highest BCUT2D eigenvalue weighted by Gasteiger charge is 2.33. The van der Waals surface area contributed by atoms with Gasteiger partial charge in [0.25, 0.3) is 0 Å². The first-order valence-corrected chi connectivity index (χ1v) is 16.4. The van der Waals surface area contributed by atoms with Crippen molar-refractivity contribution in [1.82, 2.24) is 14.8 Å². The number of carbonyl (C=O) groups is 2. The summed E-state index contributed by atoms with van der Waals surface area (Å²) in [5, 5.41) is 10.8. The van der Waals surface area contributed by atoms with Crippen LogP contribution in [0.4, 0.5) is 35.3 Å². The van der Waals surface area contributed by atoms with Gasteiger partial charge >= 0.3 is 12.4 Å². The number of aromatic nitrogens is 3. The average molecular weight is 696 g/mol. The number of hydrogen-bond acceptors (Lipinski definition) is 9. The van der Waals surface area contributed by atoms with Crippen molar-refractivity contribution >= 4 is 46.2 Å². The third-order valence-corrected chi connectivity index (χ3v) is 8.36. The Hall–Kier alpha value is -4.93. The molecule has 3 heterocycles. The van der Waals surface area contributed by atoms with Gasteiger partial charge in [-0.3, -0.25) is 9.69 Å². The quantitative estimate of drug-likeness (QED) is 0.184. The summed E-state index contributed by atoms with van der Waals surface area (Å²) in [6.07, 6.45) is -4.62. The van der Waals surface area contributed by atoms with Gasteiger partial charge in [0.2, 0.25) is 11.9 Å². The predicted octanol–water partition coefficient (Wildman–Crippen LogP) is 6.80. The van der Waals surface area contributed by atoms with Crippen LogP contribution in [0.15, 0.2) is 77.8 Å². The number of carbonyl (C=O) groups excluding carboxylic acids is 2. The molecule has 3 amide bonds. The minimum absolute atomic E-state index is 0.152. The number of benzene rings is 3. The number of amides is 3. The number of anilines is 3. The molecule has 2 saturated heterocycles. The van der Waals surface area contributed by atoms with Gasteiger partial charge < -0.3 is 24.8 Å². The molecule has 3 aromatic carbocycles. The summed E-state index contributed by atoms with van der Waals surface area (Å²) >= 11 is 1.20. The molecule has 0 unspecified atom stereocenters. The van der Waals surface area contributed by atoms with Gasteiger partial charge in [0.15, 0.2) is 17.3 Å². The Labute approximate surface area is 283 Å². The Morgan fingerprint density at radius 3 is 2.47 bits per heavy atom. The van der Waals surface area contributed by atoms with E-state index in [-0.39, 0.29) is 29.6 Å². The molecular weight excluding hydrogens is 663 g/mol. The van der Waals surface area contributed by atoms with Crippen LogP contribution < -0.4 is 20.3 Å². The van der Waals surface area contributed by atoms with Gasteiger partial charge in [-0.1, -0.05) is 43.8 Å². The normalized spacial score (nSPS) is 16.2. The third-order valence-electron chi connectivity index (χ3n) is 7.43. The number of hydrogen-bond donors (Lipinski definition) is 2. The van der Waals surface area contributed by atoms with E-state index < -0.39 is 12.4 Å². The van der Waals surface area contributed by atoms with Crippen molar-refractivity contribution in [3.63, 3.8) is 0 Å². The zero-order chi connectivity index (χ0) is 34.5. The number of amidine groups is 1. The second-order valence-corrected chi connectivity index (χ2v) is 12.2. The van der Waals surface area contributed by atoms with E-state index in [2.05, 4.69) is 30.4 Å². The van der Waals surface area contributed by atoms with E-state index in [1.54, 1.807) is 24.3 Å². The molecule has 256 valence electrons. The summed E-state index contributed by atoms with van der Waals surface area (Å²) in [6, 6.07) is 18.9. The second kappa shape index (κ2) is 14.7. The minimum Gasteiger partial charge on any atom is -0.406 e. The van der Waals surface area contributed by atoms with Crippen molar-refractivity contribution in [2.75, 3.05) is 41.0 Å². The van der Waals surface area contributed by atoms with Gasteiger partial charge in [-0.15, -0.1) is 18.3 Å². The van der Waals surface area contributed by atoms with E-state index in [1.807, 2.05) is 38.1 Å². The molecule has 0 spiro atoms. The van der Waals surface area contributed by atoms with E-state index >= 15 is 0 Å². The van der Waals surface area contributed by atoms with Crippen LogP contribution in [-0.4, -0.2) is 70.0 Å². The zero-order valence-electron chi connectivity index (χ0n) is 26.4. The molecule has 0 saturated carbocycles. The fourth-order valence-corrected chi connectivity index (χ4v) is 6.05. The first-order valence-electron chi connectivity index (χ1n) is 15.4. The Kier molecular flexibility index (Phi) is 10.2. The van der Waals surface area contributed by atoms with Crippen LogP contribution in [0.1, 0.15) is 31.7 Å². The second-order valence-electron chi connectivity index (χ2n) is 11.2. The van der Waals surface area contributed by atoms with Crippen molar-refractivity contribution in [3.8, 4) is 22.8 Å². The van der Waals surface area contributed by atoms with Crippen molar-refractivity contribution in [1.29, 1.82) is 0 Å². The third kappa shape index (κ3) is 8.39. The van der Waals surface area contributed by atoms with E-state index in [9.17, 15) is 22.8 Å². The Morgan fingerprint density at radius 1 is 1.06 bits per heavy atom. The molecule has 2 fully saturated rings. The number of nitrogens with zero attached hydrogens (tertiary/aromatic N) is 5. The van der Waals surface area contributed by atoms with Crippen molar-refractivity contribution in [2.45, 2.75) is 38.8 Å². The predicted molar refractivity (Wildman–Crippen MR) is 179 cm³/mol. The largest absolute Gasteiger partial charge is 0.573 e. The maximum absolute atomic E-state index is 13.0. The molecule has 0 aliphatic carbocycles. The van der Waals surface area contributed by atoms with E-state index in [4.69, 9.17) is 9.47 Å². The molecule has 2 aliphatic rings. The van der Waals surface area contributed by atoms with Gasteiger partial charge in [0.1, 0.15) is 5.75 Å². The highest BCUT2D eigenvalue weighted by atomic mass is 32.2. The molecule has 4 aromatic rings. The molecule has 2 aliphatic heterocycles. The van der Waals surface area contributed by atoms with Crippen molar-refractivity contribution in [2.24, 2.45) is 4.99 Å². The molecule has 0 radical (unpaired) electrons. The van der Waals surface area contributed by atoms with Gasteiger partial charge in [0.05, 0.1) is 30.3 Å². The van der Waals surface area contributed by atoms with Crippen LogP contribution in [-0.2, 0) is 14.3 Å². The van der Waals surface area contributed by atoms with Gasteiger partial charge in [-0.25, -0.2) is 4.79 Å². The van der Waals surface area contributed by atoms with Crippen LogP contribution in [0.5, 0.6) is 5.75 Å². The van der Waals surface area contributed by atoms with Crippen LogP contribution in [0.25, 0.3) is 17.1 Å². The molecule has 1 aromatic heterocycles. The number of alkyl halides is 3. The fraction of sp³-hybridized carbons (Fsp3) is 0.303. The number of urea groups is 1. The van der Waals surface area contributed by atoms with Gasteiger partial charge in [-0.2, -0.15) is 14.7 Å². The molecule has 2 N–H and O–H groups in total. The maximum Gasteiger partial charge on any atom is 0.573 e. The van der Waals surface area contributed by atoms with Crippen LogP contribution >= 0.6 is 11.8 Å². The molecule has 0 bridgehead atoms. The molecule has 16 heteroatoms. The molecular formula is C33H32F3N7O5S. The Morgan fingerprint density at radius 2 is 1.78 bits per heavy atom. The van der Waals surface area contributed by atoms with Crippen molar-refractivity contribution < 1.29 is 37.0 Å². The number of ether oxygens (including phenoxy) is 3. The summed E-state index contributed by atoms with van der Waals surface area (Å²) in [5.74, 6) is 0.492. The van der Waals surface area contributed by atoms with Gasteiger partial charge in [-0.05, 0) is 66.1 Å². The van der Waals surface area contributed by atoms with E-state index in [0.29, 0.717) is 65.7 Å². The number of para-hydroxylation sites is 1. The summed E-state index contributed by atoms with van der Waals surface area (Å²) in [4.78, 5) is 36.1. The standard InChI is InChI=1S/C33H32F3N7O5S/c1-20(2)25-5-3-4-6-26(25)42-27(44)19-49-32(42)40-31(45)38-22-9-7-21(8-10-22)29-39-30(37-16-15-28-46-17-18-47-28)43(41-29)23-11-13-24(14-12-23)48-33(34,35)36/h3-14,20,28H,15-19H2,1-2H3,(H,38,45)(H,37,39,41)/b40-32-. The lowest BCUT2D eigenvalue weighted by Crippen LogP contribution is -2.31. The van der Waals surface area contributed by atoms with Crippen LogP contribution in [0, 0.1) is 0 Å². The molecule has 0 atom stereocenters. The summed E-state index contributed by atoms with van der Waals surface area (Å²) < 4.78 is 54.5. The summed E-state index contributed by atoms with van der Waals surface area (Å²) in [6.45, 7) is 5.53. The van der Waals surface area contributed by atoms with Gasteiger partial charge in [0, 0.05) is 24.2 Å². The number of rotatable bonds is 10. The molecule has 49 heavy (non-hydrogen) atoms. The summed E-state index contributed by atoms with van der Waals surface area (Å²) in [7, 11) is 0. The number of thioether (sulfide) groups is 1. The zero-order valence-corrected chi connectivity index (χ0v) is 27.3. The average Bonchev–Trinajstić information content (AvgIpc) is 3.82. The molecule has 12 nitrogen and oxygen atoms in total. The van der Waals surface area contributed by atoms with E-state index in [1.165, 1.54) is 45.6 Å². The first-order chi connectivity index (χ1) is 23.5. The minimum atomic E-state index is -4.81. The lowest BCUT2D eigenvalue weighted by Gasteiger charge is -2.21. The smallest absolute Gasteiger partial charge is 0.406 e. The monoisotopic (exact) mass is 695 g/mol. The van der Waals surface area contributed by atoms with E-state index in [0.717, 1.165) is 5.56 Å². The SMILES string of the molecule is CC(C)c1ccccc1N1C(=O)CS/C1=N\C(=O)Nc1ccc(-c2nc(NCCC3OCCO3)n(-c3ccc(OC(F)(F)F)cc3)n2)cc1. The summed E-state index contributed by atoms with van der Waals surface area (Å²) in [5.41, 5.74) is 3.19. The maximum atomic E-state index is 13.0. The van der Waals surface area contributed by atoms with Crippen molar-refractivity contribution in [3.05, 3.63) is 78.4 Å². The Balaban J connectivity index is 1.18. The topological polar surface area (TPSA) is 132 Å². The lowest BCUT2D eigenvalue weighted by atomic mass is 10.0. The van der Waals surface area contributed by atoms with Crippen LogP contribution in [0.3, 0.4) is 0 Å². The van der Waals surface area contributed by atoms with Crippen LogP contribution in [0.2, 0.25) is 0 Å². The first kappa shape index (κ1) is 34.0. The highest BCUT2D eigenvalue weighted by Crippen LogP contribution is 2.33. The number of aliphatic imine (C=N–C) groups is 1. The lowest BCUT2D eigenvalue weighted by molar-refractivity contribution is -0.274. The number of halogens is 3. The number of nitrogens with one attached hydrogen (secondary N) is 2.